The van der Waals surface area contributed by atoms with Crippen molar-refractivity contribution in [3.05, 3.63) is 65.7 Å². The van der Waals surface area contributed by atoms with E-state index in [-0.39, 0.29) is 0 Å². The number of benzene rings is 2. The zero-order chi connectivity index (χ0) is 18.1. The Morgan fingerprint density at radius 3 is 2.08 bits per heavy atom. The van der Waals surface area contributed by atoms with Gasteiger partial charge in [0.05, 0.1) is 5.60 Å². The summed E-state index contributed by atoms with van der Waals surface area (Å²) in [4.78, 5) is 12.0. The summed E-state index contributed by atoms with van der Waals surface area (Å²) in [7, 11) is 0. The van der Waals surface area contributed by atoms with E-state index >= 15 is 0 Å². The highest BCUT2D eigenvalue weighted by Gasteiger charge is 2.28. The number of amides is 1. The lowest BCUT2D eigenvalue weighted by Gasteiger charge is -2.32. The van der Waals surface area contributed by atoms with Crippen LogP contribution in [0.1, 0.15) is 54.4 Å². The van der Waals surface area contributed by atoms with Crippen molar-refractivity contribution in [1.82, 2.24) is 0 Å². The van der Waals surface area contributed by atoms with Gasteiger partial charge in [0, 0.05) is 10.5 Å². The Hall–Kier alpha value is -1.78. The SMILES string of the molecule is NC(=O)c1ccc(CCC2(O)CCCCC2)cc1.Sc1ccccc1. The Balaban J connectivity index is 0.000000269. The van der Waals surface area contributed by atoms with E-state index in [0.29, 0.717) is 5.56 Å². The number of hydrogen-bond acceptors (Lipinski definition) is 3. The molecule has 25 heavy (non-hydrogen) atoms. The molecule has 1 aliphatic carbocycles. The highest BCUT2D eigenvalue weighted by Crippen LogP contribution is 2.31. The molecule has 3 N–H and O–H groups in total. The molecule has 0 unspecified atom stereocenters. The number of carbonyl (C=O) groups excluding carboxylic acids is 1. The number of aryl methyl sites for hydroxylation is 1. The molecule has 0 radical (unpaired) electrons. The third-order valence-corrected chi connectivity index (χ3v) is 4.96. The first-order valence-electron chi connectivity index (χ1n) is 8.84. The van der Waals surface area contributed by atoms with Gasteiger partial charge in [-0.05, 0) is 55.5 Å². The van der Waals surface area contributed by atoms with Crippen LogP contribution in [-0.4, -0.2) is 16.6 Å². The standard InChI is InChI=1S/C15H21NO2.C6H6S/c16-14(17)13-6-4-12(5-7-13)8-11-15(18)9-2-1-3-10-15;7-6-4-2-1-3-5-6/h4-7,18H,1-3,8-11H2,(H2,16,17);1-5,7H. The minimum atomic E-state index is -0.472. The van der Waals surface area contributed by atoms with E-state index in [1.54, 1.807) is 12.1 Å². The number of thiol groups is 1. The van der Waals surface area contributed by atoms with Crippen LogP contribution in [0.4, 0.5) is 0 Å². The fourth-order valence-electron chi connectivity index (χ4n) is 3.10. The molecule has 0 spiro atoms. The van der Waals surface area contributed by atoms with Crippen molar-refractivity contribution >= 4 is 18.5 Å². The summed E-state index contributed by atoms with van der Waals surface area (Å²) in [5.74, 6) is -0.396. The van der Waals surface area contributed by atoms with Crippen LogP contribution in [0.15, 0.2) is 59.5 Å². The number of rotatable bonds is 4. The first-order chi connectivity index (χ1) is 12.0. The van der Waals surface area contributed by atoms with Crippen LogP contribution < -0.4 is 5.73 Å². The predicted octanol–water partition coefficient (Wildman–Crippen LogP) is 4.39. The zero-order valence-corrected chi connectivity index (χ0v) is 15.4. The van der Waals surface area contributed by atoms with Crippen molar-refractivity contribution in [1.29, 1.82) is 0 Å². The van der Waals surface area contributed by atoms with Gasteiger partial charge in [-0.15, -0.1) is 12.6 Å². The molecular formula is C21H27NO2S. The Morgan fingerprint density at radius 1 is 1.00 bits per heavy atom. The highest BCUT2D eigenvalue weighted by molar-refractivity contribution is 7.80. The molecule has 0 aliphatic heterocycles. The van der Waals surface area contributed by atoms with Crippen molar-refractivity contribution in [2.75, 3.05) is 0 Å². The van der Waals surface area contributed by atoms with Gasteiger partial charge in [0.2, 0.25) is 5.91 Å². The first kappa shape index (κ1) is 19.5. The van der Waals surface area contributed by atoms with E-state index < -0.39 is 11.5 Å². The topological polar surface area (TPSA) is 63.3 Å². The molecule has 0 bridgehead atoms. The van der Waals surface area contributed by atoms with E-state index in [0.717, 1.165) is 49.0 Å². The fraction of sp³-hybridized carbons (Fsp3) is 0.381. The Bertz CT molecular complexity index is 649. The first-order valence-corrected chi connectivity index (χ1v) is 9.28. The molecule has 0 atom stereocenters. The van der Waals surface area contributed by atoms with Gasteiger partial charge in [-0.3, -0.25) is 4.79 Å². The quantitative estimate of drug-likeness (QED) is 0.711. The molecule has 0 saturated heterocycles. The van der Waals surface area contributed by atoms with Crippen LogP contribution in [0.5, 0.6) is 0 Å². The molecule has 1 fully saturated rings. The second kappa shape index (κ2) is 9.64. The maximum absolute atomic E-state index is 11.0. The summed E-state index contributed by atoms with van der Waals surface area (Å²) in [6.45, 7) is 0. The van der Waals surface area contributed by atoms with Gasteiger partial charge in [0.25, 0.3) is 0 Å². The van der Waals surface area contributed by atoms with Gasteiger partial charge >= 0.3 is 0 Å². The lowest BCUT2D eigenvalue weighted by Crippen LogP contribution is -2.31. The summed E-state index contributed by atoms with van der Waals surface area (Å²) in [5, 5.41) is 10.4. The molecule has 1 amide bonds. The average molecular weight is 358 g/mol. The maximum Gasteiger partial charge on any atom is 0.248 e. The van der Waals surface area contributed by atoms with Crippen LogP contribution >= 0.6 is 12.6 Å². The molecular weight excluding hydrogens is 330 g/mol. The number of aliphatic hydroxyl groups is 1. The Kier molecular flexibility index (Phi) is 7.53. The van der Waals surface area contributed by atoms with E-state index in [9.17, 15) is 9.90 Å². The Labute approximate surface area is 155 Å². The second-order valence-corrected chi connectivity index (χ2v) is 7.20. The van der Waals surface area contributed by atoms with E-state index in [4.69, 9.17) is 5.73 Å². The van der Waals surface area contributed by atoms with E-state index in [1.807, 2.05) is 42.5 Å². The van der Waals surface area contributed by atoms with Crippen molar-refractivity contribution in [2.45, 2.75) is 55.4 Å². The van der Waals surface area contributed by atoms with Crippen LogP contribution in [-0.2, 0) is 6.42 Å². The molecule has 134 valence electrons. The maximum atomic E-state index is 11.0. The molecule has 2 aromatic rings. The fourth-order valence-corrected chi connectivity index (χ4v) is 3.27. The lowest BCUT2D eigenvalue weighted by molar-refractivity contribution is -0.00342. The molecule has 1 aliphatic rings. The third kappa shape index (κ3) is 6.92. The zero-order valence-electron chi connectivity index (χ0n) is 14.5. The van der Waals surface area contributed by atoms with Crippen LogP contribution in [0.2, 0.25) is 0 Å². The van der Waals surface area contributed by atoms with Gasteiger partial charge in [-0.25, -0.2) is 0 Å². The lowest BCUT2D eigenvalue weighted by atomic mass is 9.81. The largest absolute Gasteiger partial charge is 0.390 e. The van der Waals surface area contributed by atoms with Crippen LogP contribution in [0, 0.1) is 0 Å². The summed E-state index contributed by atoms with van der Waals surface area (Å²) < 4.78 is 0. The van der Waals surface area contributed by atoms with Gasteiger partial charge in [0.15, 0.2) is 0 Å². The number of nitrogens with two attached hydrogens (primary N) is 1. The summed E-state index contributed by atoms with van der Waals surface area (Å²) >= 11 is 4.08. The summed E-state index contributed by atoms with van der Waals surface area (Å²) in [6.07, 6.45) is 7.03. The monoisotopic (exact) mass is 357 g/mol. The smallest absolute Gasteiger partial charge is 0.248 e. The molecule has 3 nitrogen and oxygen atoms in total. The average Bonchev–Trinajstić information content (AvgIpc) is 2.62. The Morgan fingerprint density at radius 2 is 1.60 bits per heavy atom. The third-order valence-electron chi connectivity index (χ3n) is 4.66. The predicted molar refractivity (Wildman–Crippen MR) is 105 cm³/mol. The highest BCUT2D eigenvalue weighted by atomic mass is 32.1. The molecule has 0 heterocycles. The van der Waals surface area contributed by atoms with Gasteiger partial charge in [-0.1, -0.05) is 49.6 Å². The molecule has 2 aromatic carbocycles. The van der Waals surface area contributed by atoms with Crippen molar-refractivity contribution < 1.29 is 9.90 Å². The van der Waals surface area contributed by atoms with Gasteiger partial charge in [0.1, 0.15) is 0 Å². The van der Waals surface area contributed by atoms with Gasteiger partial charge < -0.3 is 10.8 Å². The number of hydrogen-bond donors (Lipinski definition) is 3. The second-order valence-electron chi connectivity index (χ2n) is 6.68. The summed E-state index contributed by atoms with van der Waals surface area (Å²) in [6, 6.07) is 17.1. The summed E-state index contributed by atoms with van der Waals surface area (Å²) in [5.41, 5.74) is 6.41. The molecule has 1 saturated carbocycles. The molecule has 4 heteroatoms. The number of primary amides is 1. The van der Waals surface area contributed by atoms with Crippen LogP contribution in [0.25, 0.3) is 0 Å². The normalized spacial score (nSPS) is 15.8. The van der Waals surface area contributed by atoms with Crippen LogP contribution in [0.3, 0.4) is 0 Å². The van der Waals surface area contributed by atoms with E-state index in [2.05, 4.69) is 12.6 Å². The van der Waals surface area contributed by atoms with Crippen molar-refractivity contribution in [2.24, 2.45) is 5.73 Å². The van der Waals surface area contributed by atoms with Crippen molar-refractivity contribution in [3.8, 4) is 0 Å². The molecule has 0 aromatic heterocycles. The number of carbonyl (C=O) groups is 1. The van der Waals surface area contributed by atoms with E-state index in [1.165, 1.54) is 6.42 Å². The van der Waals surface area contributed by atoms with Gasteiger partial charge in [-0.2, -0.15) is 0 Å². The minimum Gasteiger partial charge on any atom is -0.390 e. The van der Waals surface area contributed by atoms with Crippen molar-refractivity contribution in [3.63, 3.8) is 0 Å². The minimum absolute atomic E-state index is 0.396. The molecule has 3 rings (SSSR count).